The Morgan fingerprint density at radius 1 is 0.920 bits per heavy atom. The minimum absolute atomic E-state index is 0.0424. The summed E-state index contributed by atoms with van der Waals surface area (Å²) in [7, 11) is 0. The van der Waals surface area contributed by atoms with E-state index in [4.69, 9.17) is 20.5 Å². The van der Waals surface area contributed by atoms with Crippen LogP contribution in [0.4, 0.5) is 5.69 Å². The third-order valence-corrected chi connectivity index (χ3v) is 5.18. The topological polar surface area (TPSA) is 100 Å². The van der Waals surface area contributed by atoms with Crippen molar-refractivity contribution in [3.8, 4) is 11.5 Å². The summed E-state index contributed by atoms with van der Waals surface area (Å²) in [5.41, 5.74) is 5.95. The molecule has 2 heterocycles. The molecule has 126 valence electrons. The van der Waals surface area contributed by atoms with Gasteiger partial charge in [-0.15, -0.1) is 0 Å². The average molecular weight is 335 g/mol. The van der Waals surface area contributed by atoms with E-state index in [0.29, 0.717) is 58.6 Å². The highest BCUT2D eigenvalue weighted by Crippen LogP contribution is 2.42. The minimum Gasteiger partial charge on any atom is -0.507 e. The zero-order valence-corrected chi connectivity index (χ0v) is 13.5. The van der Waals surface area contributed by atoms with Crippen molar-refractivity contribution in [2.24, 2.45) is 9.98 Å². The van der Waals surface area contributed by atoms with Crippen LogP contribution in [0.5, 0.6) is 11.5 Å². The zero-order valence-electron chi connectivity index (χ0n) is 13.5. The molecule has 0 bridgehead atoms. The first-order valence-electron chi connectivity index (χ1n) is 8.32. The zero-order chi connectivity index (χ0) is 17.2. The molecule has 1 fully saturated rings. The van der Waals surface area contributed by atoms with Crippen LogP contribution < -0.4 is 16.4 Å². The van der Waals surface area contributed by atoms with Gasteiger partial charge in [-0.25, -0.2) is 0 Å². The van der Waals surface area contributed by atoms with Crippen molar-refractivity contribution in [1.82, 2.24) is 0 Å². The van der Waals surface area contributed by atoms with Gasteiger partial charge in [0.25, 0.3) is 0 Å². The van der Waals surface area contributed by atoms with Crippen molar-refractivity contribution in [3.05, 3.63) is 41.0 Å². The lowest BCUT2D eigenvalue weighted by molar-refractivity contribution is 0.0566. The van der Waals surface area contributed by atoms with Gasteiger partial charge in [-0.05, 0) is 18.2 Å². The highest BCUT2D eigenvalue weighted by Gasteiger charge is 2.34. The van der Waals surface area contributed by atoms with Crippen molar-refractivity contribution in [3.63, 3.8) is 0 Å². The summed E-state index contributed by atoms with van der Waals surface area (Å²) < 4.78 is 5.43. The number of benzene rings is 3. The second kappa shape index (κ2) is 4.83. The van der Waals surface area contributed by atoms with Crippen molar-refractivity contribution < 1.29 is 14.9 Å². The molecule has 0 atom stereocenters. The van der Waals surface area contributed by atoms with Crippen LogP contribution in [0.25, 0.3) is 21.5 Å². The molecule has 1 spiro atoms. The lowest BCUT2D eigenvalue weighted by Gasteiger charge is -2.27. The molecule has 1 saturated heterocycles. The molecule has 3 aromatic rings. The molecule has 2 aliphatic heterocycles. The second-order valence-corrected chi connectivity index (χ2v) is 6.64. The Balaban J connectivity index is 1.95. The van der Waals surface area contributed by atoms with E-state index in [1.54, 1.807) is 24.3 Å². The van der Waals surface area contributed by atoms with E-state index in [2.05, 4.69) is 0 Å². The number of ether oxygens (including phenoxy) is 1. The standard InChI is InChI=1S/C19H17N3O3/c20-12-3-1-2-10-14(12)18(24)15-11(17(10)23)4-5-13-16(15)22-19(21-13)6-8-25-9-7-19/h1-5,23-24H,6-9,20H2. The fourth-order valence-electron chi connectivity index (χ4n) is 3.90. The second-order valence-electron chi connectivity index (χ2n) is 6.64. The molecule has 0 saturated carbocycles. The molecule has 25 heavy (non-hydrogen) atoms. The molecule has 6 nitrogen and oxygen atoms in total. The summed E-state index contributed by atoms with van der Waals surface area (Å²) in [4.78, 5) is 9.65. The summed E-state index contributed by atoms with van der Waals surface area (Å²) in [6.07, 6.45) is 1.43. The molecule has 6 heteroatoms. The first-order valence-corrected chi connectivity index (χ1v) is 8.32. The van der Waals surface area contributed by atoms with Crippen LogP contribution in [-0.4, -0.2) is 29.1 Å². The van der Waals surface area contributed by atoms with Crippen molar-refractivity contribution in [2.45, 2.75) is 18.5 Å². The number of hydrogen-bond acceptors (Lipinski definition) is 6. The first-order chi connectivity index (χ1) is 12.1. The Kier molecular flexibility index (Phi) is 2.80. The predicted octanol–water partition coefficient (Wildman–Crippen LogP) is 1.75. The first kappa shape index (κ1) is 14.5. The maximum Gasteiger partial charge on any atom is 0.156 e. The lowest BCUT2D eigenvalue weighted by atomic mass is 9.99. The van der Waals surface area contributed by atoms with E-state index >= 15 is 0 Å². The number of fused-ring (bicyclic) bond motifs is 4. The Labute approximate surface area is 142 Å². The van der Waals surface area contributed by atoms with Crippen LogP contribution in [0.1, 0.15) is 12.8 Å². The van der Waals surface area contributed by atoms with Gasteiger partial charge in [-0.1, -0.05) is 12.1 Å². The van der Waals surface area contributed by atoms with Crippen LogP contribution in [0, 0.1) is 0 Å². The smallest absolute Gasteiger partial charge is 0.156 e. The van der Waals surface area contributed by atoms with E-state index in [-0.39, 0.29) is 11.5 Å². The molecule has 0 radical (unpaired) electrons. The molecule has 5 rings (SSSR count). The van der Waals surface area contributed by atoms with Gasteiger partial charge in [0.2, 0.25) is 0 Å². The number of aromatic hydroxyl groups is 2. The molecular weight excluding hydrogens is 318 g/mol. The number of hydrogen-bond donors (Lipinski definition) is 3. The summed E-state index contributed by atoms with van der Waals surface area (Å²) in [6.45, 7) is 1.23. The van der Waals surface area contributed by atoms with E-state index in [0.717, 1.165) is 5.36 Å². The highest BCUT2D eigenvalue weighted by atomic mass is 16.5. The molecule has 0 unspecified atom stereocenters. The quantitative estimate of drug-likeness (QED) is 0.331. The molecule has 4 N–H and O–H groups in total. The Morgan fingerprint density at radius 3 is 2.48 bits per heavy atom. The van der Waals surface area contributed by atoms with Gasteiger partial charge in [0, 0.05) is 29.3 Å². The number of nitrogen functional groups attached to an aromatic ring is 1. The van der Waals surface area contributed by atoms with Gasteiger partial charge in [0.05, 0.1) is 34.7 Å². The molecular formula is C19H17N3O3. The third kappa shape index (κ3) is 1.88. The lowest BCUT2D eigenvalue weighted by Crippen LogP contribution is -2.31. The largest absolute Gasteiger partial charge is 0.507 e. The number of rotatable bonds is 0. The van der Waals surface area contributed by atoms with Crippen LogP contribution in [0.3, 0.4) is 0 Å². The Bertz CT molecular complexity index is 1160. The van der Waals surface area contributed by atoms with Gasteiger partial charge < -0.3 is 20.7 Å². The molecule has 0 aromatic heterocycles. The van der Waals surface area contributed by atoms with E-state index < -0.39 is 5.66 Å². The van der Waals surface area contributed by atoms with E-state index in [1.807, 2.05) is 6.07 Å². The van der Waals surface area contributed by atoms with Gasteiger partial charge in [0.15, 0.2) is 5.66 Å². The number of anilines is 1. The minimum atomic E-state index is -0.520. The monoisotopic (exact) mass is 335 g/mol. The normalized spacial score (nSPS) is 18.2. The fraction of sp³-hybridized carbons (Fsp3) is 0.263. The number of phenolic OH excluding ortho intramolecular Hbond substituents is 2. The summed E-state index contributed by atoms with van der Waals surface area (Å²) in [5.74, 6) is 0.141. The van der Waals surface area contributed by atoms with Crippen molar-refractivity contribution in [1.29, 1.82) is 0 Å². The van der Waals surface area contributed by atoms with Crippen LogP contribution >= 0.6 is 0 Å². The maximum atomic E-state index is 10.9. The van der Waals surface area contributed by atoms with E-state index in [9.17, 15) is 10.2 Å². The molecule has 3 aromatic carbocycles. The highest BCUT2D eigenvalue weighted by molar-refractivity contribution is 6.14. The average Bonchev–Trinajstić information content (AvgIpc) is 2.96. The molecule has 2 aliphatic rings. The van der Waals surface area contributed by atoms with Crippen LogP contribution in [0.2, 0.25) is 0 Å². The van der Waals surface area contributed by atoms with Crippen molar-refractivity contribution in [2.75, 3.05) is 18.9 Å². The Morgan fingerprint density at radius 2 is 1.68 bits per heavy atom. The maximum absolute atomic E-state index is 10.9. The summed E-state index contributed by atoms with van der Waals surface area (Å²) in [6, 6.07) is 8.84. The van der Waals surface area contributed by atoms with Crippen molar-refractivity contribution >= 4 is 27.2 Å². The molecule has 0 amide bonds. The third-order valence-electron chi connectivity index (χ3n) is 5.18. The van der Waals surface area contributed by atoms with Crippen LogP contribution in [-0.2, 0) is 4.74 Å². The van der Waals surface area contributed by atoms with Gasteiger partial charge in [-0.3, -0.25) is 9.98 Å². The van der Waals surface area contributed by atoms with Crippen LogP contribution in [0.15, 0.2) is 40.3 Å². The number of nitrogens with zero attached hydrogens (tertiary/aromatic N) is 2. The van der Waals surface area contributed by atoms with E-state index in [1.165, 1.54) is 0 Å². The van der Waals surface area contributed by atoms with Gasteiger partial charge in [0.1, 0.15) is 11.5 Å². The Hall–Kier alpha value is -2.86. The predicted molar refractivity (Wildman–Crippen MR) is 94.3 cm³/mol. The summed E-state index contributed by atoms with van der Waals surface area (Å²) in [5, 5.41) is 25.1. The number of nitrogens with two attached hydrogens (primary N) is 1. The summed E-state index contributed by atoms with van der Waals surface area (Å²) >= 11 is 0. The molecule has 0 aliphatic carbocycles. The van der Waals surface area contributed by atoms with Gasteiger partial charge in [-0.2, -0.15) is 0 Å². The number of phenols is 2. The SMILES string of the molecule is Nc1cccc2c(O)c3ccc4c(c3c(O)c12)=NC1(CCOCC1)N=4. The fourth-order valence-corrected chi connectivity index (χ4v) is 3.90. The van der Waals surface area contributed by atoms with Gasteiger partial charge >= 0.3 is 0 Å².